The highest BCUT2D eigenvalue weighted by atomic mass is 35.5. The van der Waals surface area contributed by atoms with Gasteiger partial charge in [0.25, 0.3) is 5.91 Å². The molecule has 1 aliphatic heterocycles. The number of hydrogen-bond acceptors (Lipinski definition) is 7. The topological polar surface area (TPSA) is 69.6 Å². The maximum atomic E-state index is 13.4. The number of thioether (sulfide) groups is 1. The Morgan fingerprint density at radius 2 is 1.73 bits per heavy atom. The third kappa shape index (κ3) is 7.44. The molecule has 0 saturated carbocycles. The van der Waals surface area contributed by atoms with Crippen LogP contribution in [0.4, 0.5) is 5.69 Å². The average Bonchev–Trinajstić information content (AvgIpc) is 3.22. The van der Waals surface area contributed by atoms with E-state index >= 15 is 0 Å². The van der Waals surface area contributed by atoms with E-state index in [4.69, 9.17) is 58.7 Å². The predicted octanol–water partition coefficient (Wildman–Crippen LogP) is 7.88. The number of amidine groups is 1. The molecule has 210 valence electrons. The molecule has 0 atom stereocenters. The number of nitrogens with zero attached hydrogens (tertiary/aromatic N) is 2. The van der Waals surface area contributed by atoms with Crippen molar-refractivity contribution >= 4 is 69.4 Å². The fraction of sp³-hybridized carbons (Fsp3) is 0.241. The van der Waals surface area contributed by atoms with E-state index in [1.54, 1.807) is 49.5 Å². The second kappa shape index (κ2) is 14.1. The van der Waals surface area contributed by atoms with Crippen LogP contribution in [0.3, 0.4) is 0 Å². The van der Waals surface area contributed by atoms with Crippen molar-refractivity contribution in [3.8, 4) is 17.2 Å². The normalized spacial score (nSPS) is 15.2. The fourth-order valence-corrected chi connectivity index (χ4v) is 5.37. The van der Waals surface area contributed by atoms with E-state index in [1.165, 1.54) is 11.8 Å². The Kier molecular flexibility index (Phi) is 10.6. The van der Waals surface area contributed by atoms with E-state index in [9.17, 15) is 4.79 Å². The van der Waals surface area contributed by atoms with Crippen LogP contribution in [0.5, 0.6) is 17.2 Å². The van der Waals surface area contributed by atoms with Crippen molar-refractivity contribution in [3.05, 3.63) is 85.7 Å². The lowest BCUT2D eigenvalue weighted by Gasteiger charge is -2.15. The third-order valence-corrected chi connectivity index (χ3v) is 7.73. The van der Waals surface area contributed by atoms with Gasteiger partial charge in [-0.25, -0.2) is 4.99 Å². The largest absolute Gasteiger partial charge is 0.497 e. The number of benzene rings is 3. The molecule has 0 aliphatic carbocycles. The summed E-state index contributed by atoms with van der Waals surface area (Å²) in [5.41, 5.74) is 2.21. The van der Waals surface area contributed by atoms with Crippen molar-refractivity contribution in [2.45, 2.75) is 13.5 Å². The molecule has 1 saturated heterocycles. The van der Waals surface area contributed by atoms with Crippen LogP contribution in [0.1, 0.15) is 18.1 Å². The van der Waals surface area contributed by atoms with Gasteiger partial charge in [0.2, 0.25) is 0 Å². The first kappa shape index (κ1) is 30.1. The number of rotatable bonds is 11. The molecule has 1 aliphatic rings. The van der Waals surface area contributed by atoms with Crippen LogP contribution in [0, 0.1) is 0 Å². The van der Waals surface area contributed by atoms with Gasteiger partial charge in [-0.3, -0.25) is 9.69 Å². The Hall–Kier alpha value is -2.88. The van der Waals surface area contributed by atoms with E-state index < -0.39 is 0 Å². The second-order valence-corrected chi connectivity index (χ2v) is 10.7. The molecule has 3 aromatic carbocycles. The van der Waals surface area contributed by atoms with E-state index in [0.717, 1.165) is 11.3 Å². The summed E-state index contributed by atoms with van der Waals surface area (Å²) in [6, 6.07) is 16.1. The van der Waals surface area contributed by atoms with Gasteiger partial charge < -0.3 is 18.9 Å². The van der Waals surface area contributed by atoms with Crippen molar-refractivity contribution < 1.29 is 23.7 Å². The molecule has 0 aromatic heterocycles. The van der Waals surface area contributed by atoms with Gasteiger partial charge in [0, 0.05) is 7.11 Å². The van der Waals surface area contributed by atoms with Gasteiger partial charge in [0.15, 0.2) is 16.7 Å². The maximum absolute atomic E-state index is 13.4. The maximum Gasteiger partial charge on any atom is 0.266 e. The highest BCUT2D eigenvalue weighted by Crippen LogP contribution is 2.40. The highest BCUT2D eigenvalue weighted by molar-refractivity contribution is 8.18. The third-order valence-electron chi connectivity index (χ3n) is 5.70. The van der Waals surface area contributed by atoms with E-state index in [0.29, 0.717) is 67.6 Å². The molecular weight excluding hydrogens is 595 g/mol. The van der Waals surface area contributed by atoms with Crippen LogP contribution in [0.2, 0.25) is 15.1 Å². The summed E-state index contributed by atoms with van der Waals surface area (Å²) in [4.78, 5) is 20.2. The van der Waals surface area contributed by atoms with Gasteiger partial charge in [-0.05, 0) is 84.4 Å². The Balaban J connectivity index is 1.61. The van der Waals surface area contributed by atoms with Gasteiger partial charge in [0.05, 0.1) is 52.5 Å². The van der Waals surface area contributed by atoms with Gasteiger partial charge >= 0.3 is 0 Å². The molecule has 0 spiro atoms. The van der Waals surface area contributed by atoms with Crippen LogP contribution >= 0.6 is 46.6 Å². The summed E-state index contributed by atoms with van der Waals surface area (Å²) in [6.45, 7) is 3.21. The van der Waals surface area contributed by atoms with Crippen molar-refractivity contribution in [1.29, 1.82) is 0 Å². The van der Waals surface area contributed by atoms with E-state index in [1.807, 2.05) is 37.3 Å². The molecule has 40 heavy (non-hydrogen) atoms. The Morgan fingerprint density at radius 3 is 2.40 bits per heavy atom. The van der Waals surface area contributed by atoms with Gasteiger partial charge in [-0.15, -0.1) is 0 Å². The monoisotopic (exact) mass is 620 g/mol. The molecule has 0 radical (unpaired) electrons. The molecule has 1 amide bonds. The summed E-state index contributed by atoms with van der Waals surface area (Å²) in [7, 11) is 3.20. The summed E-state index contributed by atoms with van der Waals surface area (Å²) in [5.74, 6) is 1.40. The van der Waals surface area contributed by atoms with Crippen molar-refractivity contribution in [1.82, 2.24) is 4.90 Å². The molecule has 3 aromatic rings. The van der Waals surface area contributed by atoms with Gasteiger partial charge in [-0.1, -0.05) is 40.9 Å². The molecule has 0 unspecified atom stereocenters. The molecule has 1 heterocycles. The Morgan fingerprint density at radius 1 is 0.950 bits per heavy atom. The molecule has 7 nitrogen and oxygen atoms in total. The van der Waals surface area contributed by atoms with Crippen LogP contribution in [-0.2, 0) is 16.1 Å². The number of aliphatic imine (C=N–C) groups is 1. The highest BCUT2D eigenvalue weighted by Gasteiger charge is 2.33. The molecule has 0 bridgehead atoms. The molecular formula is C29H27Cl3N2O5S. The number of carbonyl (C=O) groups is 1. The summed E-state index contributed by atoms with van der Waals surface area (Å²) >= 11 is 20.1. The minimum atomic E-state index is -0.177. The zero-order valence-electron chi connectivity index (χ0n) is 22.1. The number of hydrogen-bond donors (Lipinski definition) is 0. The Bertz CT molecular complexity index is 1430. The lowest BCUT2D eigenvalue weighted by atomic mass is 10.1. The van der Waals surface area contributed by atoms with Crippen molar-refractivity contribution in [2.75, 3.05) is 34.0 Å². The SMILES string of the molecule is CCOc1cc(/C=C2\SC(=Nc3ccc(OC)cc3)N(CCOC)C2=O)cc(Cl)c1OCc1ccc(Cl)c(Cl)c1. The first-order valence-corrected chi connectivity index (χ1v) is 14.2. The number of halogens is 3. The summed E-state index contributed by atoms with van der Waals surface area (Å²) < 4.78 is 22.3. The predicted molar refractivity (Wildman–Crippen MR) is 163 cm³/mol. The lowest BCUT2D eigenvalue weighted by Crippen LogP contribution is -2.32. The van der Waals surface area contributed by atoms with Gasteiger partial charge in [0.1, 0.15) is 12.4 Å². The van der Waals surface area contributed by atoms with E-state index in [-0.39, 0.29) is 12.5 Å². The smallest absolute Gasteiger partial charge is 0.266 e. The Labute approximate surface area is 252 Å². The minimum Gasteiger partial charge on any atom is -0.497 e. The lowest BCUT2D eigenvalue weighted by molar-refractivity contribution is -0.122. The van der Waals surface area contributed by atoms with Crippen molar-refractivity contribution in [2.24, 2.45) is 4.99 Å². The molecule has 1 fully saturated rings. The second-order valence-electron chi connectivity index (χ2n) is 8.45. The standard InChI is InChI=1S/C29H27Cl3N2O5S/c1-4-38-25-15-19(14-24(32)27(25)39-17-18-5-10-22(30)23(31)13-18)16-26-28(35)34(11-12-36-2)29(40-26)33-20-6-8-21(37-3)9-7-20/h5-10,13-16H,4,11-12,17H2,1-3H3/b26-16-,33-29?. The van der Waals surface area contributed by atoms with E-state index in [2.05, 4.69) is 0 Å². The van der Waals surface area contributed by atoms with Crippen molar-refractivity contribution in [3.63, 3.8) is 0 Å². The van der Waals surface area contributed by atoms with Crippen LogP contribution < -0.4 is 14.2 Å². The quantitative estimate of drug-likeness (QED) is 0.203. The average molecular weight is 622 g/mol. The fourth-order valence-electron chi connectivity index (χ4n) is 3.75. The number of ether oxygens (including phenoxy) is 4. The zero-order chi connectivity index (χ0) is 28.6. The molecule has 11 heteroatoms. The van der Waals surface area contributed by atoms with Gasteiger partial charge in [-0.2, -0.15) is 0 Å². The van der Waals surface area contributed by atoms with Crippen LogP contribution in [-0.4, -0.2) is 50.0 Å². The summed E-state index contributed by atoms with van der Waals surface area (Å²) in [5, 5.41) is 1.80. The van der Waals surface area contributed by atoms with Crippen LogP contribution in [0.25, 0.3) is 6.08 Å². The number of carbonyl (C=O) groups excluding carboxylic acids is 1. The first-order valence-electron chi connectivity index (χ1n) is 12.3. The zero-order valence-corrected chi connectivity index (χ0v) is 25.2. The summed E-state index contributed by atoms with van der Waals surface area (Å²) in [6.07, 6.45) is 1.76. The number of methoxy groups -OCH3 is 2. The number of amides is 1. The first-order chi connectivity index (χ1) is 19.3. The van der Waals surface area contributed by atoms with Crippen LogP contribution in [0.15, 0.2) is 64.5 Å². The molecule has 4 rings (SSSR count). The molecule has 0 N–H and O–H groups in total. The minimum absolute atomic E-state index is 0.177.